The van der Waals surface area contributed by atoms with Gasteiger partial charge < -0.3 is 9.16 Å². The number of esters is 1. The first-order valence-corrected chi connectivity index (χ1v) is 12.0. The van der Waals surface area contributed by atoms with E-state index in [1.807, 2.05) is 30.3 Å². The first kappa shape index (κ1) is 25.2. The van der Waals surface area contributed by atoms with Crippen LogP contribution in [0.4, 0.5) is 0 Å². The highest BCUT2D eigenvalue weighted by Crippen LogP contribution is 2.37. The van der Waals surface area contributed by atoms with E-state index < -0.39 is 8.32 Å². The molecule has 0 bridgehead atoms. The van der Waals surface area contributed by atoms with Crippen molar-refractivity contribution in [3.8, 4) is 0 Å². The molecule has 0 heterocycles. The van der Waals surface area contributed by atoms with Crippen LogP contribution in [-0.2, 0) is 9.16 Å². The summed E-state index contributed by atoms with van der Waals surface area (Å²) >= 11 is 0. The Balaban J connectivity index is 0.00000312. The number of carbonyl (C=O) groups excluding carboxylic acids is 1. The number of hydrogen-bond donors (Lipinski definition) is 0. The normalized spacial score (nSPS) is 20.0. The van der Waals surface area contributed by atoms with Crippen molar-refractivity contribution in [2.75, 3.05) is 6.61 Å². The van der Waals surface area contributed by atoms with Gasteiger partial charge in [0, 0.05) is 6.61 Å². The Hall–Kier alpha value is -0.783. The third-order valence-electron chi connectivity index (χ3n) is 5.57. The van der Waals surface area contributed by atoms with Gasteiger partial charge in [-0.2, -0.15) is 13.5 Å². The number of benzene rings is 1. The molecule has 0 spiro atoms. The van der Waals surface area contributed by atoms with Crippen LogP contribution in [0.25, 0.3) is 0 Å². The van der Waals surface area contributed by atoms with Gasteiger partial charge in [0.15, 0.2) is 8.32 Å². The van der Waals surface area contributed by atoms with Crippen molar-refractivity contribution in [1.82, 2.24) is 0 Å². The Morgan fingerprint density at radius 2 is 1.77 bits per heavy atom. The molecule has 0 N–H and O–H groups in total. The minimum Gasteiger partial charge on any atom is -0.459 e. The Kier molecular flexibility index (Phi) is 10.2. The van der Waals surface area contributed by atoms with Crippen LogP contribution in [0.1, 0.15) is 64.2 Å². The van der Waals surface area contributed by atoms with Crippen molar-refractivity contribution in [2.45, 2.75) is 78.1 Å². The second-order valence-corrected chi connectivity index (χ2v) is 13.3. The minimum absolute atomic E-state index is 0. The Morgan fingerprint density at radius 1 is 1.15 bits per heavy atom. The third-order valence-corrected chi connectivity index (χ3v) is 10.1. The van der Waals surface area contributed by atoms with Crippen LogP contribution >= 0.6 is 13.5 Å². The lowest BCUT2D eigenvalue weighted by Crippen LogP contribution is -2.41. The Labute approximate surface area is 168 Å². The van der Waals surface area contributed by atoms with E-state index in [-0.39, 0.29) is 38.0 Å². The molecule has 0 aromatic heterocycles. The summed E-state index contributed by atoms with van der Waals surface area (Å²) in [6.45, 7) is 12.2. The monoisotopic (exact) mass is 398 g/mol. The molecule has 5 heteroatoms. The van der Waals surface area contributed by atoms with Crippen LogP contribution < -0.4 is 0 Å². The zero-order valence-electron chi connectivity index (χ0n) is 16.3. The fraction of sp³-hybridized carbons (Fsp3) is 0.667. The molecule has 1 aromatic rings. The Morgan fingerprint density at radius 3 is 2.35 bits per heavy atom. The van der Waals surface area contributed by atoms with E-state index >= 15 is 0 Å². The van der Waals surface area contributed by atoms with Crippen LogP contribution in [0, 0.1) is 5.92 Å². The second kappa shape index (κ2) is 10.5. The second-order valence-electron chi connectivity index (χ2n) is 8.47. The lowest BCUT2D eigenvalue weighted by atomic mass is 10.1. The predicted molar refractivity (Wildman–Crippen MR) is 118 cm³/mol. The highest BCUT2D eigenvalue weighted by atomic mass is 32.1. The molecular formula is C21H38O3SSi. The summed E-state index contributed by atoms with van der Waals surface area (Å²) in [6.07, 6.45) is 4.22. The summed E-state index contributed by atoms with van der Waals surface area (Å²) in [5.74, 6) is 0.419. The summed E-state index contributed by atoms with van der Waals surface area (Å²) < 4.78 is 11.9. The van der Waals surface area contributed by atoms with E-state index in [0.29, 0.717) is 11.5 Å². The van der Waals surface area contributed by atoms with Crippen LogP contribution in [-0.4, -0.2) is 27.0 Å². The van der Waals surface area contributed by atoms with Crippen LogP contribution in [0.2, 0.25) is 18.1 Å². The minimum atomic E-state index is -1.65. The maximum Gasteiger partial charge on any atom is 0.338 e. The molecule has 0 unspecified atom stereocenters. The van der Waals surface area contributed by atoms with Gasteiger partial charge in [-0.25, -0.2) is 4.79 Å². The molecule has 1 saturated carbocycles. The molecule has 3 nitrogen and oxygen atoms in total. The predicted octanol–water partition coefficient (Wildman–Crippen LogP) is 6.17. The zero-order valence-corrected chi connectivity index (χ0v) is 18.3. The summed E-state index contributed by atoms with van der Waals surface area (Å²) in [5.41, 5.74) is 0.641. The summed E-state index contributed by atoms with van der Waals surface area (Å²) in [5, 5.41) is 0.260. The highest BCUT2D eigenvalue weighted by molar-refractivity contribution is 7.59. The van der Waals surface area contributed by atoms with Crippen molar-refractivity contribution < 1.29 is 14.0 Å². The van der Waals surface area contributed by atoms with E-state index in [1.54, 1.807) is 0 Å². The number of carbonyl (C=O) groups is 1. The summed E-state index contributed by atoms with van der Waals surface area (Å²) in [4.78, 5) is 12.1. The van der Waals surface area contributed by atoms with Gasteiger partial charge in [0.2, 0.25) is 0 Å². The standard InChI is InChI=1S/C20H32O3Si.CH4.H2S/c1-20(2,3)24(4,5)22-14-13-16-11-12-18(15-16)23-19(21)17-9-7-6-8-10-17;;/h6-10,16,18H,11-15H2,1-5H3;1H4;1H2/t16-,18+;;/m0../s1. The molecule has 0 saturated heterocycles. The number of hydrogen-bond acceptors (Lipinski definition) is 3. The van der Waals surface area contributed by atoms with E-state index in [4.69, 9.17) is 9.16 Å². The first-order valence-electron chi connectivity index (χ1n) is 9.09. The van der Waals surface area contributed by atoms with Gasteiger partial charge in [-0.05, 0) is 61.9 Å². The van der Waals surface area contributed by atoms with Crippen molar-refractivity contribution in [2.24, 2.45) is 5.92 Å². The van der Waals surface area contributed by atoms with E-state index in [0.717, 1.165) is 32.3 Å². The largest absolute Gasteiger partial charge is 0.459 e. The molecular weight excluding hydrogens is 360 g/mol. The smallest absolute Gasteiger partial charge is 0.338 e. The first-order chi connectivity index (χ1) is 11.2. The third kappa shape index (κ3) is 7.09. The fourth-order valence-electron chi connectivity index (χ4n) is 2.89. The van der Waals surface area contributed by atoms with Gasteiger partial charge in [0.25, 0.3) is 0 Å². The van der Waals surface area contributed by atoms with Gasteiger partial charge in [0.1, 0.15) is 6.10 Å². The van der Waals surface area contributed by atoms with Crippen molar-refractivity contribution in [3.05, 3.63) is 35.9 Å². The van der Waals surface area contributed by atoms with Gasteiger partial charge in [-0.3, -0.25) is 0 Å². The van der Waals surface area contributed by atoms with Crippen molar-refractivity contribution in [3.63, 3.8) is 0 Å². The van der Waals surface area contributed by atoms with Gasteiger partial charge >= 0.3 is 5.97 Å². The van der Waals surface area contributed by atoms with E-state index in [1.165, 1.54) is 0 Å². The fourth-order valence-corrected chi connectivity index (χ4v) is 3.95. The van der Waals surface area contributed by atoms with Crippen molar-refractivity contribution >= 4 is 27.8 Å². The van der Waals surface area contributed by atoms with E-state index in [9.17, 15) is 4.79 Å². The number of ether oxygens (including phenoxy) is 1. The van der Waals surface area contributed by atoms with E-state index in [2.05, 4.69) is 33.9 Å². The quantitative estimate of drug-likeness (QED) is 0.424. The molecule has 2 rings (SSSR count). The highest BCUT2D eigenvalue weighted by Gasteiger charge is 2.37. The molecule has 0 amide bonds. The van der Waals surface area contributed by atoms with Crippen molar-refractivity contribution in [1.29, 1.82) is 0 Å². The average molecular weight is 399 g/mol. The lowest BCUT2D eigenvalue weighted by molar-refractivity contribution is 0.0307. The molecule has 1 aliphatic rings. The van der Waals surface area contributed by atoms with Gasteiger partial charge in [-0.15, -0.1) is 0 Å². The zero-order chi connectivity index (χ0) is 17.8. The summed E-state index contributed by atoms with van der Waals surface area (Å²) in [7, 11) is -1.65. The molecule has 26 heavy (non-hydrogen) atoms. The topological polar surface area (TPSA) is 35.5 Å². The molecule has 1 fully saturated rings. The number of rotatable bonds is 6. The maximum absolute atomic E-state index is 12.1. The SMILES string of the molecule is C.CC(C)(C)[Si](C)(C)OCC[C@@H]1CC[C@@H](OC(=O)c2ccccc2)C1.S. The van der Waals surface area contributed by atoms with Gasteiger partial charge in [0.05, 0.1) is 5.56 Å². The molecule has 0 aliphatic heterocycles. The average Bonchev–Trinajstić information content (AvgIpc) is 2.94. The molecule has 1 aliphatic carbocycles. The van der Waals surface area contributed by atoms with Crippen LogP contribution in [0.15, 0.2) is 30.3 Å². The van der Waals surface area contributed by atoms with Crippen LogP contribution in [0.5, 0.6) is 0 Å². The molecule has 150 valence electrons. The van der Waals surface area contributed by atoms with Crippen LogP contribution in [0.3, 0.4) is 0 Å². The molecule has 2 atom stereocenters. The molecule has 1 aromatic carbocycles. The van der Waals surface area contributed by atoms with Gasteiger partial charge in [-0.1, -0.05) is 46.4 Å². The molecule has 0 radical (unpaired) electrons. The Bertz CT molecular complexity index is 540. The summed E-state index contributed by atoms with van der Waals surface area (Å²) in [6, 6.07) is 9.26. The lowest BCUT2D eigenvalue weighted by Gasteiger charge is -2.36. The maximum atomic E-state index is 12.1.